The molecular formula is C26H20N2O6. The van der Waals surface area contributed by atoms with Crippen molar-refractivity contribution in [1.29, 1.82) is 0 Å². The number of anilines is 1. The number of rotatable bonds is 5. The van der Waals surface area contributed by atoms with Crippen molar-refractivity contribution in [3.05, 3.63) is 95.1 Å². The largest absolute Gasteiger partial charge is 0.497 e. The molecule has 1 aliphatic heterocycles. The van der Waals surface area contributed by atoms with Crippen molar-refractivity contribution in [2.75, 3.05) is 12.0 Å². The van der Waals surface area contributed by atoms with Crippen molar-refractivity contribution in [3.63, 3.8) is 0 Å². The predicted octanol–water partition coefficient (Wildman–Crippen LogP) is 3.89. The minimum absolute atomic E-state index is 0.162. The van der Waals surface area contributed by atoms with E-state index in [1.807, 2.05) is 13.0 Å². The molecule has 0 saturated carbocycles. The quantitative estimate of drug-likeness (QED) is 0.271. The number of ether oxygens (including phenoxy) is 2. The first kappa shape index (κ1) is 22.5. The van der Waals surface area contributed by atoms with Gasteiger partial charge >= 0.3 is 12.0 Å². The molecule has 0 spiro atoms. The number of hydrogen-bond acceptors (Lipinski definition) is 6. The Morgan fingerprint density at radius 2 is 1.68 bits per heavy atom. The number of nitrogens with one attached hydrogen (secondary N) is 1. The van der Waals surface area contributed by atoms with Crippen LogP contribution in [0, 0.1) is 6.92 Å². The lowest BCUT2D eigenvalue weighted by Gasteiger charge is -2.26. The molecule has 0 atom stereocenters. The molecule has 4 rings (SSSR count). The fourth-order valence-electron chi connectivity index (χ4n) is 3.40. The van der Waals surface area contributed by atoms with Gasteiger partial charge in [0, 0.05) is 5.56 Å². The smallest absolute Gasteiger partial charge is 0.343 e. The van der Waals surface area contributed by atoms with Gasteiger partial charge in [-0.25, -0.2) is 14.5 Å². The summed E-state index contributed by atoms with van der Waals surface area (Å²) in [5.74, 6) is -1.53. The normalized spacial score (nSPS) is 14.7. The van der Waals surface area contributed by atoms with Crippen LogP contribution in [0.3, 0.4) is 0 Å². The van der Waals surface area contributed by atoms with E-state index in [2.05, 4.69) is 5.32 Å². The molecule has 4 amide bonds. The third-order valence-electron chi connectivity index (χ3n) is 5.11. The molecule has 1 aliphatic rings. The molecule has 1 heterocycles. The van der Waals surface area contributed by atoms with Gasteiger partial charge in [0.05, 0.1) is 18.4 Å². The molecule has 8 nitrogen and oxygen atoms in total. The van der Waals surface area contributed by atoms with Gasteiger partial charge in [-0.3, -0.25) is 14.9 Å². The molecule has 0 aromatic heterocycles. The van der Waals surface area contributed by atoms with Crippen LogP contribution in [0.2, 0.25) is 0 Å². The Morgan fingerprint density at radius 3 is 2.38 bits per heavy atom. The summed E-state index contributed by atoms with van der Waals surface area (Å²) in [5, 5.41) is 2.17. The number of benzene rings is 3. The third kappa shape index (κ3) is 4.56. The number of nitrogens with zero attached hydrogens (tertiary/aromatic N) is 1. The number of para-hydroxylation sites is 1. The second kappa shape index (κ2) is 9.41. The maximum Gasteiger partial charge on any atom is 0.343 e. The van der Waals surface area contributed by atoms with Crippen molar-refractivity contribution in [1.82, 2.24) is 5.32 Å². The highest BCUT2D eigenvalue weighted by Gasteiger charge is 2.37. The number of barbiturate groups is 1. The lowest BCUT2D eigenvalue weighted by Crippen LogP contribution is -2.54. The summed E-state index contributed by atoms with van der Waals surface area (Å²) < 4.78 is 10.6. The zero-order valence-corrected chi connectivity index (χ0v) is 18.4. The monoisotopic (exact) mass is 456 g/mol. The molecule has 1 saturated heterocycles. The average molecular weight is 456 g/mol. The van der Waals surface area contributed by atoms with Crippen LogP contribution in [0.25, 0.3) is 6.08 Å². The van der Waals surface area contributed by atoms with Gasteiger partial charge in [0.2, 0.25) is 0 Å². The van der Waals surface area contributed by atoms with Gasteiger partial charge in [-0.1, -0.05) is 35.9 Å². The van der Waals surface area contributed by atoms with E-state index in [1.54, 1.807) is 54.6 Å². The van der Waals surface area contributed by atoms with E-state index in [-0.39, 0.29) is 17.0 Å². The topological polar surface area (TPSA) is 102 Å². The Labute approximate surface area is 195 Å². The highest BCUT2D eigenvalue weighted by atomic mass is 16.5. The number of aryl methyl sites for hydroxylation is 1. The van der Waals surface area contributed by atoms with Gasteiger partial charge in [-0.15, -0.1) is 0 Å². The number of methoxy groups -OCH3 is 1. The lowest BCUT2D eigenvalue weighted by atomic mass is 10.1. The fourth-order valence-corrected chi connectivity index (χ4v) is 3.40. The Kier molecular flexibility index (Phi) is 6.22. The number of carbonyl (C=O) groups is 4. The standard InChI is InChI=1S/C26H20N2O6/c1-16-6-5-8-18(14-16)25(31)34-22-9-4-3-7-17(22)15-21-23(29)27-26(32)28(24(21)30)19-10-12-20(33-2)13-11-19/h3-15H,1-2H3,(H,27,29,32)/b21-15-. The van der Waals surface area contributed by atoms with Crippen molar-refractivity contribution >= 4 is 35.6 Å². The zero-order chi connectivity index (χ0) is 24.2. The minimum atomic E-state index is -0.864. The lowest BCUT2D eigenvalue weighted by molar-refractivity contribution is -0.122. The van der Waals surface area contributed by atoms with E-state index in [1.165, 1.54) is 25.3 Å². The molecule has 8 heteroatoms. The first-order valence-corrected chi connectivity index (χ1v) is 10.3. The summed E-state index contributed by atoms with van der Waals surface area (Å²) in [7, 11) is 1.50. The molecule has 0 unspecified atom stereocenters. The van der Waals surface area contributed by atoms with Gasteiger partial charge in [0.1, 0.15) is 17.1 Å². The summed E-state index contributed by atoms with van der Waals surface area (Å²) in [6, 6.07) is 18.8. The highest BCUT2D eigenvalue weighted by Crippen LogP contribution is 2.27. The maximum absolute atomic E-state index is 13.1. The Balaban J connectivity index is 1.66. The summed E-state index contributed by atoms with van der Waals surface area (Å²) in [4.78, 5) is 51.5. The van der Waals surface area contributed by atoms with Gasteiger partial charge < -0.3 is 9.47 Å². The van der Waals surface area contributed by atoms with Crippen LogP contribution in [0.15, 0.2) is 78.4 Å². The van der Waals surface area contributed by atoms with Crippen molar-refractivity contribution in [2.24, 2.45) is 0 Å². The number of amides is 4. The Hall–Kier alpha value is -4.72. The molecule has 0 radical (unpaired) electrons. The van der Waals surface area contributed by atoms with E-state index < -0.39 is 23.8 Å². The van der Waals surface area contributed by atoms with Crippen LogP contribution in [-0.4, -0.2) is 30.9 Å². The molecule has 0 aliphatic carbocycles. The second-order valence-electron chi connectivity index (χ2n) is 7.45. The van der Waals surface area contributed by atoms with Crippen LogP contribution >= 0.6 is 0 Å². The van der Waals surface area contributed by atoms with Crippen LogP contribution in [0.5, 0.6) is 11.5 Å². The van der Waals surface area contributed by atoms with Crippen molar-refractivity contribution < 1.29 is 28.7 Å². The van der Waals surface area contributed by atoms with E-state index in [9.17, 15) is 19.2 Å². The molecule has 170 valence electrons. The highest BCUT2D eigenvalue weighted by molar-refractivity contribution is 6.39. The number of urea groups is 1. The number of carbonyl (C=O) groups excluding carboxylic acids is 4. The van der Waals surface area contributed by atoms with Crippen LogP contribution < -0.4 is 19.7 Å². The first-order valence-electron chi connectivity index (χ1n) is 10.3. The molecule has 3 aromatic carbocycles. The van der Waals surface area contributed by atoms with Crippen LogP contribution in [0.1, 0.15) is 21.5 Å². The van der Waals surface area contributed by atoms with E-state index in [4.69, 9.17) is 9.47 Å². The Bertz CT molecular complexity index is 1330. The maximum atomic E-state index is 13.1. The molecule has 0 bridgehead atoms. The molecular weight excluding hydrogens is 436 g/mol. The second-order valence-corrected chi connectivity index (χ2v) is 7.45. The van der Waals surface area contributed by atoms with Gasteiger partial charge in [-0.2, -0.15) is 0 Å². The summed E-state index contributed by atoms with van der Waals surface area (Å²) in [5.41, 5.74) is 1.57. The van der Waals surface area contributed by atoms with Gasteiger partial charge in [-0.05, 0) is 55.5 Å². The molecule has 1 fully saturated rings. The number of esters is 1. The molecule has 3 aromatic rings. The average Bonchev–Trinajstić information content (AvgIpc) is 2.83. The van der Waals surface area contributed by atoms with Crippen LogP contribution in [-0.2, 0) is 9.59 Å². The van der Waals surface area contributed by atoms with E-state index in [0.717, 1.165) is 10.5 Å². The molecule has 34 heavy (non-hydrogen) atoms. The molecule has 1 N–H and O–H groups in total. The van der Waals surface area contributed by atoms with E-state index in [0.29, 0.717) is 16.9 Å². The third-order valence-corrected chi connectivity index (χ3v) is 5.11. The summed E-state index contributed by atoms with van der Waals surface area (Å²) >= 11 is 0. The number of imide groups is 2. The van der Waals surface area contributed by atoms with Crippen molar-refractivity contribution in [3.8, 4) is 11.5 Å². The minimum Gasteiger partial charge on any atom is -0.497 e. The fraction of sp³-hybridized carbons (Fsp3) is 0.0769. The van der Waals surface area contributed by atoms with Crippen molar-refractivity contribution in [2.45, 2.75) is 6.92 Å². The van der Waals surface area contributed by atoms with E-state index >= 15 is 0 Å². The Morgan fingerprint density at radius 1 is 0.941 bits per heavy atom. The summed E-state index contributed by atoms with van der Waals surface area (Å²) in [6.45, 7) is 1.86. The SMILES string of the molecule is COc1ccc(N2C(=O)NC(=O)/C(=C/c3ccccc3OC(=O)c3cccc(C)c3)C2=O)cc1. The van der Waals surface area contributed by atoms with Gasteiger partial charge in [0.15, 0.2) is 0 Å². The van der Waals surface area contributed by atoms with Gasteiger partial charge in [0.25, 0.3) is 11.8 Å². The zero-order valence-electron chi connectivity index (χ0n) is 18.4. The number of hydrogen-bond donors (Lipinski definition) is 1. The first-order chi connectivity index (χ1) is 16.4. The predicted molar refractivity (Wildman–Crippen MR) is 125 cm³/mol. The van der Waals surface area contributed by atoms with Crippen LogP contribution in [0.4, 0.5) is 10.5 Å². The summed E-state index contributed by atoms with van der Waals surface area (Å²) in [6.07, 6.45) is 1.29.